The maximum atomic E-state index is 6.72. The zero-order valence-electron chi connectivity index (χ0n) is 37.3. The Bertz CT molecular complexity index is 4600. The van der Waals surface area contributed by atoms with E-state index in [1.54, 1.807) is 0 Å². The molecule has 0 fully saturated rings. The zero-order valence-corrected chi connectivity index (χ0v) is 38.1. The Kier molecular flexibility index (Phi) is 8.43. The molecule has 70 heavy (non-hydrogen) atoms. The Morgan fingerprint density at radius 3 is 1.74 bits per heavy atom. The quantitative estimate of drug-likeness (QED) is 0.166. The monoisotopic (exact) mass is 912 g/mol. The summed E-state index contributed by atoms with van der Waals surface area (Å²) < 4.78 is 18.3. The fourth-order valence-corrected chi connectivity index (χ4v) is 11.9. The molecule has 0 N–H and O–H groups in total. The molecule has 10 aromatic carbocycles. The highest BCUT2D eigenvalue weighted by atomic mass is 32.1. The first-order valence-corrected chi connectivity index (χ1v) is 24.2. The number of furan rings is 2. The highest BCUT2D eigenvalue weighted by molar-refractivity contribution is 7.25. The van der Waals surface area contributed by atoms with Crippen molar-refractivity contribution in [3.05, 3.63) is 218 Å². The van der Waals surface area contributed by atoms with E-state index in [0.717, 1.165) is 88.5 Å². The van der Waals surface area contributed by atoms with Gasteiger partial charge in [0, 0.05) is 74.9 Å². The van der Waals surface area contributed by atoms with Crippen LogP contribution in [0.4, 0.5) is 0 Å². The second-order valence-corrected chi connectivity index (χ2v) is 18.9. The van der Waals surface area contributed by atoms with Crippen LogP contribution in [0.15, 0.2) is 227 Å². The molecule has 0 aliphatic rings. The molecule has 5 heterocycles. The third kappa shape index (κ3) is 5.95. The van der Waals surface area contributed by atoms with Gasteiger partial charge in [-0.3, -0.25) is 0 Å². The first-order chi connectivity index (χ1) is 34.7. The van der Waals surface area contributed by atoms with E-state index in [-0.39, 0.29) is 0 Å². The van der Waals surface area contributed by atoms with Crippen LogP contribution in [0, 0.1) is 0 Å². The molecule has 0 saturated heterocycles. The first-order valence-electron chi connectivity index (χ1n) is 23.4. The number of fused-ring (bicyclic) bond motifs is 12. The minimum Gasteiger partial charge on any atom is -0.456 e. The number of hydrogen-bond acceptors (Lipinski definition) is 6. The van der Waals surface area contributed by atoms with Gasteiger partial charge in [-0.05, 0) is 101 Å². The molecule has 0 spiro atoms. The van der Waals surface area contributed by atoms with Gasteiger partial charge in [0.15, 0.2) is 17.5 Å². The van der Waals surface area contributed by atoms with Crippen LogP contribution in [0.1, 0.15) is 0 Å². The summed E-state index contributed by atoms with van der Waals surface area (Å²) in [6, 6.07) is 76.7. The van der Waals surface area contributed by atoms with Crippen molar-refractivity contribution in [2.75, 3.05) is 0 Å². The molecule has 0 atom stereocenters. The molecule has 0 radical (unpaired) electrons. The van der Waals surface area contributed by atoms with Gasteiger partial charge < -0.3 is 13.4 Å². The summed E-state index contributed by atoms with van der Waals surface area (Å²) in [4.78, 5) is 15.6. The van der Waals surface area contributed by atoms with Gasteiger partial charge in [-0.1, -0.05) is 140 Å². The molecule has 0 aliphatic carbocycles. The number of rotatable bonds is 6. The maximum absolute atomic E-state index is 6.72. The van der Waals surface area contributed by atoms with Crippen molar-refractivity contribution in [3.63, 3.8) is 0 Å². The number of nitrogens with zero attached hydrogens (tertiary/aromatic N) is 4. The van der Waals surface area contributed by atoms with E-state index in [2.05, 4.69) is 180 Å². The predicted molar refractivity (Wildman–Crippen MR) is 289 cm³/mol. The Balaban J connectivity index is 0.879. The Hall–Kier alpha value is -9.17. The first kappa shape index (κ1) is 38.9. The summed E-state index contributed by atoms with van der Waals surface area (Å²) in [5.41, 5.74) is 13.8. The van der Waals surface area contributed by atoms with Crippen LogP contribution >= 0.6 is 11.3 Å². The smallest absolute Gasteiger partial charge is 0.164 e. The second kappa shape index (κ2) is 15.2. The Morgan fingerprint density at radius 1 is 0.314 bits per heavy atom. The third-order valence-electron chi connectivity index (χ3n) is 13.9. The van der Waals surface area contributed by atoms with Crippen molar-refractivity contribution in [2.24, 2.45) is 0 Å². The molecular formula is C63H36N4O2S. The average molecular weight is 913 g/mol. The SMILES string of the molecule is c1ccc(-c2nc(-c3ccc4c(c3)oc3cc(-c5cccc6sc7ccccc7c56)ccc34)nc(-c3cccc4oc5ccc(-c6cccc7c6c6ccccc6n7-c6ccccc6)cc5c34)n2)cc1. The fourth-order valence-electron chi connectivity index (χ4n) is 10.7. The zero-order chi connectivity index (χ0) is 45.9. The highest BCUT2D eigenvalue weighted by Gasteiger charge is 2.22. The highest BCUT2D eigenvalue weighted by Crippen LogP contribution is 2.44. The summed E-state index contributed by atoms with van der Waals surface area (Å²) in [6.45, 7) is 0. The fraction of sp³-hybridized carbons (Fsp3) is 0. The molecule has 0 saturated carbocycles. The summed E-state index contributed by atoms with van der Waals surface area (Å²) in [7, 11) is 0. The van der Waals surface area contributed by atoms with Crippen molar-refractivity contribution >= 4 is 97.2 Å². The van der Waals surface area contributed by atoms with Crippen LogP contribution in [-0.4, -0.2) is 19.5 Å². The lowest BCUT2D eigenvalue weighted by molar-refractivity contribution is 0.668. The minimum absolute atomic E-state index is 0.551. The molecule has 0 bridgehead atoms. The van der Waals surface area contributed by atoms with Gasteiger partial charge in [0.25, 0.3) is 0 Å². The number of benzene rings is 10. The van der Waals surface area contributed by atoms with Crippen molar-refractivity contribution in [1.29, 1.82) is 0 Å². The summed E-state index contributed by atoms with van der Waals surface area (Å²) >= 11 is 1.83. The van der Waals surface area contributed by atoms with Gasteiger partial charge in [0.2, 0.25) is 0 Å². The average Bonchev–Trinajstić information content (AvgIpc) is 4.19. The number of hydrogen-bond donors (Lipinski definition) is 0. The van der Waals surface area contributed by atoms with Crippen LogP contribution in [0.5, 0.6) is 0 Å². The van der Waals surface area contributed by atoms with Crippen LogP contribution in [0.3, 0.4) is 0 Å². The number of para-hydroxylation sites is 2. The van der Waals surface area contributed by atoms with Gasteiger partial charge in [0.05, 0.1) is 11.0 Å². The molecule has 0 unspecified atom stereocenters. The van der Waals surface area contributed by atoms with Gasteiger partial charge >= 0.3 is 0 Å². The molecule has 0 aliphatic heterocycles. The summed E-state index contributed by atoms with van der Waals surface area (Å²) in [6.07, 6.45) is 0. The maximum Gasteiger partial charge on any atom is 0.164 e. The molecule has 15 aromatic rings. The minimum atomic E-state index is 0.551. The van der Waals surface area contributed by atoms with E-state index < -0.39 is 0 Å². The van der Waals surface area contributed by atoms with E-state index in [1.165, 1.54) is 42.0 Å². The lowest BCUT2D eigenvalue weighted by atomic mass is 9.97. The van der Waals surface area contributed by atoms with Crippen molar-refractivity contribution in [3.8, 4) is 62.1 Å². The van der Waals surface area contributed by atoms with Crippen LogP contribution in [0.25, 0.3) is 148 Å². The van der Waals surface area contributed by atoms with Gasteiger partial charge in [-0.2, -0.15) is 0 Å². The lowest BCUT2D eigenvalue weighted by Crippen LogP contribution is -2.00. The van der Waals surface area contributed by atoms with E-state index in [9.17, 15) is 0 Å². The van der Waals surface area contributed by atoms with E-state index in [4.69, 9.17) is 23.8 Å². The van der Waals surface area contributed by atoms with Crippen LogP contribution < -0.4 is 0 Å². The van der Waals surface area contributed by atoms with E-state index in [1.807, 2.05) is 53.8 Å². The normalized spacial score (nSPS) is 12.0. The molecule has 326 valence electrons. The van der Waals surface area contributed by atoms with Gasteiger partial charge in [-0.15, -0.1) is 11.3 Å². The van der Waals surface area contributed by atoms with Crippen LogP contribution in [-0.2, 0) is 0 Å². The predicted octanol–water partition coefficient (Wildman–Crippen LogP) is 17.5. The van der Waals surface area contributed by atoms with Gasteiger partial charge in [0.1, 0.15) is 22.3 Å². The van der Waals surface area contributed by atoms with Crippen LogP contribution in [0.2, 0.25) is 0 Å². The van der Waals surface area contributed by atoms with Crippen molar-refractivity contribution in [2.45, 2.75) is 0 Å². The number of thiophene rings is 1. The summed E-state index contributed by atoms with van der Waals surface area (Å²) in [5, 5.41) is 8.99. The molecule has 15 rings (SSSR count). The molecule has 0 amide bonds. The Morgan fingerprint density at radius 2 is 0.900 bits per heavy atom. The second-order valence-electron chi connectivity index (χ2n) is 17.9. The summed E-state index contributed by atoms with van der Waals surface area (Å²) in [5.74, 6) is 1.69. The van der Waals surface area contributed by atoms with E-state index in [0.29, 0.717) is 17.5 Å². The molecular weight excluding hydrogens is 877 g/mol. The standard InChI is InChI=1S/C63H36N4O2S/c1-3-14-37(15-4-1)61-64-62(40-29-32-45-44-31-28-39(35-54(44)69-55(45)36-40)43-21-13-27-57-60(43)47-19-8-10-26-56(47)70-57)66-63(65-61)48-22-12-25-53-59(48)49-34-38(30-33-52(49)68-53)42-20-11-24-51-58(42)46-18-7-9-23-50(46)67(51)41-16-5-2-6-17-41/h1-36H. The molecule has 5 aromatic heterocycles. The van der Waals surface area contributed by atoms with Gasteiger partial charge in [-0.25, -0.2) is 15.0 Å². The largest absolute Gasteiger partial charge is 0.456 e. The molecule has 6 nitrogen and oxygen atoms in total. The third-order valence-corrected chi connectivity index (χ3v) is 15.0. The van der Waals surface area contributed by atoms with E-state index >= 15 is 0 Å². The number of aromatic nitrogens is 4. The van der Waals surface area contributed by atoms with Crippen molar-refractivity contribution in [1.82, 2.24) is 19.5 Å². The molecule has 7 heteroatoms. The topological polar surface area (TPSA) is 69.9 Å². The van der Waals surface area contributed by atoms with Crippen molar-refractivity contribution < 1.29 is 8.83 Å². The lowest BCUT2D eigenvalue weighted by Gasteiger charge is -2.10. The Labute approximate surface area is 404 Å².